The monoisotopic (exact) mass is 576 g/mol. The summed E-state index contributed by atoms with van der Waals surface area (Å²) in [5, 5.41) is 8.38. The zero-order valence-electron chi connectivity index (χ0n) is 24.4. The molecule has 9 aromatic rings. The Labute approximate surface area is 260 Å². The highest BCUT2D eigenvalue weighted by atomic mass is 16.3. The smallest absolute Gasteiger partial charge is 0.143 e. The summed E-state index contributed by atoms with van der Waals surface area (Å²) >= 11 is 0. The molecule has 3 nitrogen and oxygen atoms in total. The van der Waals surface area contributed by atoms with Crippen LogP contribution in [0.4, 0.5) is 11.4 Å². The predicted octanol–water partition coefficient (Wildman–Crippen LogP) is 11.8. The number of nitrogens with one attached hydrogen (secondary N) is 1. The summed E-state index contributed by atoms with van der Waals surface area (Å²) in [7, 11) is 0. The third-order valence-electron chi connectivity index (χ3n) is 8.79. The molecule has 0 saturated heterocycles. The Bertz CT molecular complexity index is 2480. The summed E-state index contributed by atoms with van der Waals surface area (Å²) in [6.45, 7) is 0. The first kappa shape index (κ1) is 25.4. The first-order chi connectivity index (χ1) is 22.3. The van der Waals surface area contributed by atoms with Gasteiger partial charge in [-0.2, -0.15) is 0 Å². The molecule has 0 bridgehead atoms. The average Bonchev–Trinajstić information content (AvgIpc) is 3.65. The second-order valence-corrected chi connectivity index (χ2v) is 11.5. The lowest BCUT2D eigenvalue weighted by atomic mass is 10.0. The summed E-state index contributed by atoms with van der Waals surface area (Å²) in [6, 6.07) is 57.9. The lowest BCUT2D eigenvalue weighted by molar-refractivity contribution is 0.670. The van der Waals surface area contributed by atoms with Crippen LogP contribution in [0.15, 0.2) is 168 Å². The van der Waals surface area contributed by atoms with E-state index >= 15 is 0 Å². The van der Waals surface area contributed by atoms with E-state index in [4.69, 9.17) is 4.42 Å². The summed E-state index contributed by atoms with van der Waals surface area (Å²) in [6.07, 6.45) is 0. The molecule has 7 aromatic carbocycles. The fraction of sp³-hybridized carbons (Fsp3) is 0. The molecule has 0 fully saturated rings. The minimum Gasteiger partial charge on any atom is -0.455 e. The van der Waals surface area contributed by atoms with Crippen LogP contribution >= 0.6 is 0 Å². The van der Waals surface area contributed by atoms with Gasteiger partial charge in [-0.15, -0.1) is 0 Å². The summed E-state index contributed by atoms with van der Waals surface area (Å²) in [5.41, 5.74) is 12.2. The minimum absolute atomic E-state index is 0.917. The Morgan fingerprint density at radius 2 is 1.04 bits per heavy atom. The molecule has 0 aliphatic heterocycles. The summed E-state index contributed by atoms with van der Waals surface area (Å²) < 4.78 is 8.61. The first-order valence-electron chi connectivity index (χ1n) is 15.3. The van der Waals surface area contributed by atoms with Gasteiger partial charge in [0.25, 0.3) is 0 Å². The van der Waals surface area contributed by atoms with Crippen molar-refractivity contribution in [1.29, 1.82) is 0 Å². The number of fused-ring (bicyclic) bond motifs is 6. The molecule has 0 spiro atoms. The average molecular weight is 577 g/mol. The molecule has 3 heteroatoms. The van der Waals surface area contributed by atoms with Crippen molar-refractivity contribution in [3.8, 4) is 27.9 Å². The second kappa shape index (κ2) is 10.3. The van der Waals surface area contributed by atoms with Gasteiger partial charge < -0.3 is 14.3 Å². The van der Waals surface area contributed by atoms with Crippen molar-refractivity contribution in [3.63, 3.8) is 0 Å². The molecule has 0 radical (unpaired) electrons. The van der Waals surface area contributed by atoms with Gasteiger partial charge in [-0.1, -0.05) is 103 Å². The SMILES string of the molecule is c1ccc(-n2c3ccccc3c3cc(-c4ccc(Nc5ccc(-c6cccc7c6oc6ccccc67)cc5)cc4)ccc32)cc1. The van der Waals surface area contributed by atoms with Crippen LogP contribution in [0.5, 0.6) is 0 Å². The van der Waals surface area contributed by atoms with Crippen LogP contribution < -0.4 is 5.32 Å². The maximum absolute atomic E-state index is 6.26. The largest absolute Gasteiger partial charge is 0.455 e. The number of hydrogen-bond acceptors (Lipinski definition) is 2. The van der Waals surface area contributed by atoms with E-state index in [2.05, 4.69) is 162 Å². The summed E-state index contributed by atoms with van der Waals surface area (Å²) in [5.74, 6) is 0. The minimum atomic E-state index is 0.917. The zero-order valence-corrected chi connectivity index (χ0v) is 24.4. The van der Waals surface area contributed by atoms with E-state index in [1.807, 2.05) is 12.1 Å². The number of aromatic nitrogens is 1. The highest BCUT2D eigenvalue weighted by Crippen LogP contribution is 2.37. The maximum Gasteiger partial charge on any atom is 0.143 e. The van der Waals surface area contributed by atoms with E-state index < -0.39 is 0 Å². The van der Waals surface area contributed by atoms with Crippen molar-refractivity contribution >= 4 is 55.1 Å². The van der Waals surface area contributed by atoms with Gasteiger partial charge in [0, 0.05) is 44.2 Å². The van der Waals surface area contributed by atoms with Crippen molar-refractivity contribution in [2.75, 3.05) is 5.32 Å². The number of nitrogens with zero attached hydrogens (tertiary/aromatic N) is 1. The summed E-state index contributed by atoms with van der Waals surface area (Å²) in [4.78, 5) is 0. The molecular weight excluding hydrogens is 548 g/mol. The predicted molar refractivity (Wildman–Crippen MR) is 189 cm³/mol. The Balaban J connectivity index is 0.995. The van der Waals surface area contributed by atoms with Crippen LogP contribution in [-0.4, -0.2) is 4.57 Å². The highest BCUT2D eigenvalue weighted by molar-refractivity contribution is 6.11. The van der Waals surface area contributed by atoms with Crippen LogP contribution in [0.2, 0.25) is 0 Å². The van der Waals surface area contributed by atoms with Gasteiger partial charge in [0.1, 0.15) is 11.2 Å². The molecular formula is C42H28N2O. The Morgan fingerprint density at radius 3 is 1.84 bits per heavy atom. The lowest BCUT2D eigenvalue weighted by Gasteiger charge is -2.10. The Kier molecular flexibility index (Phi) is 5.82. The molecule has 212 valence electrons. The normalized spacial score (nSPS) is 11.6. The van der Waals surface area contributed by atoms with Crippen molar-refractivity contribution in [2.45, 2.75) is 0 Å². The van der Waals surface area contributed by atoms with Crippen LogP contribution in [0.1, 0.15) is 0 Å². The van der Waals surface area contributed by atoms with Crippen molar-refractivity contribution in [3.05, 3.63) is 164 Å². The third-order valence-corrected chi connectivity index (χ3v) is 8.79. The van der Waals surface area contributed by atoms with Gasteiger partial charge in [-0.05, 0) is 77.4 Å². The third kappa shape index (κ3) is 4.29. The Hall–Kier alpha value is -6.06. The number of furan rings is 1. The molecule has 0 atom stereocenters. The lowest BCUT2D eigenvalue weighted by Crippen LogP contribution is -1.93. The fourth-order valence-corrected chi connectivity index (χ4v) is 6.63. The highest BCUT2D eigenvalue weighted by Gasteiger charge is 2.14. The van der Waals surface area contributed by atoms with Gasteiger partial charge in [0.2, 0.25) is 0 Å². The van der Waals surface area contributed by atoms with Gasteiger partial charge in [-0.3, -0.25) is 0 Å². The van der Waals surface area contributed by atoms with E-state index in [0.717, 1.165) is 44.4 Å². The van der Waals surface area contributed by atoms with Gasteiger partial charge in [0.15, 0.2) is 0 Å². The van der Waals surface area contributed by atoms with Crippen LogP contribution in [0, 0.1) is 0 Å². The fourth-order valence-electron chi connectivity index (χ4n) is 6.63. The van der Waals surface area contributed by atoms with Gasteiger partial charge in [-0.25, -0.2) is 0 Å². The molecule has 0 unspecified atom stereocenters. The Morgan fingerprint density at radius 1 is 0.422 bits per heavy atom. The maximum atomic E-state index is 6.26. The quantitative estimate of drug-likeness (QED) is 0.221. The topological polar surface area (TPSA) is 30.1 Å². The zero-order chi connectivity index (χ0) is 29.7. The van der Waals surface area contributed by atoms with Crippen molar-refractivity contribution in [1.82, 2.24) is 4.57 Å². The van der Waals surface area contributed by atoms with E-state index in [1.165, 1.54) is 38.6 Å². The number of para-hydroxylation sites is 4. The molecule has 9 rings (SSSR count). The molecule has 0 aliphatic rings. The van der Waals surface area contributed by atoms with E-state index in [9.17, 15) is 0 Å². The van der Waals surface area contributed by atoms with E-state index in [-0.39, 0.29) is 0 Å². The molecule has 2 aromatic heterocycles. The van der Waals surface area contributed by atoms with Crippen LogP contribution in [0.25, 0.3) is 71.7 Å². The molecule has 1 N–H and O–H groups in total. The first-order valence-corrected chi connectivity index (χ1v) is 15.3. The number of benzene rings is 7. The molecule has 0 aliphatic carbocycles. The number of rotatable bonds is 5. The van der Waals surface area contributed by atoms with Crippen LogP contribution in [-0.2, 0) is 0 Å². The van der Waals surface area contributed by atoms with Gasteiger partial charge >= 0.3 is 0 Å². The number of hydrogen-bond donors (Lipinski definition) is 1. The van der Waals surface area contributed by atoms with E-state index in [1.54, 1.807) is 0 Å². The molecule has 0 saturated carbocycles. The van der Waals surface area contributed by atoms with Crippen molar-refractivity contribution < 1.29 is 4.42 Å². The van der Waals surface area contributed by atoms with Crippen molar-refractivity contribution in [2.24, 2.45) is 0 Å². The van der Waals surface area contributed by atoms with Crippen LogP contribution in [0.3, 0.4) is 0 Å². The molecule has 0 amide bonds. The molecule has 45 heavy (non-hydrogen) atoms. The number of anilines is 2. The standard InChI is InChI=1S/C42H28N2O/c1-2-9-33(10-3-1)44-39-15-6-4-11-35(39)38-27-30(21-26-40(38)44)28-17-22-31(23-18-28)43-32-24-19-29(20-25-32)34-13-8-14-37-36-12-5-7-16-41(36)45-42(34)37/h1-27,43H. The van der Waals surface area contributed by atoms with E-state index in [0.29, 0.717) is 0 Å². The second-order valence-electron chi connectivity index (χ2n) is 11.5. The molecule has 2 heterocycles. The van der Waals surface area contributed by atoms with Gasteiger partial charge in [0.05, 0.1) is 11.0 Å².